The average molecular weight is 594 g/mol. The van der Waals surface area contributed by atoms with Gasteiger partial charge < -0.3 is 25.0 Å². The highest BCUT2D eigenvalue weighted by Crippen LogP contribution is 2.29. The van der Waals surface area contributed by atoms with E-state index in [0.29, 0.717) is 41.0 Å². The highest BCUT2D eigenvalue weighted by Gasteiger charge is 2.17. The molecule has 0 bridgehead atoms. The first-order chi connectivity index (χ1) is 20.3. The van der Waals surface area contributed by atoms with Crippen molar-refractivity contribution in [2.45, 2.75) is 31.9 Å². The number of aliphatic hydroxyl groups excluding tert-OH is 2. The Balaban J connectivity index is 1.33. The number of para-hydroxylation sites is 1. The molecule has 2 atom stereocenters. The standard InChI is InChI=1S/C31H35N3O7S/c1-2-16-42(38,39)34-31(37)23-10-13-28-29(18-23)32-15-14-30(28)41-27-11-8-22(9-12-27)17-24(20-35)33-19-25(36)21-40-26-6-4-3-5-7-26/h3-15,18,24-25,33,35-36H,2,16-17,19-21H2,1H3,(H,34,37)/t24-,25-/m0/s1. The quantitative estimate of drug-likeness (QED) is 0.163. The number of nitrogens with zero attached hydrogens (tertiary/aromatic N) is 1. The number of benzene rings is 3. The van der Waals surface area contributed by atoms with E-state index < -0.39 is 22.0 Å². The maximum atomic E-state index is 12.5. The monoisotopic (exact) mass is 593 g/mol. The van der Waals surface area contributed by atoms with Gasteiger partial charge in [-0.1, -0.05) is 37.3 Å². The van der Waals surface area contributed by atoms with Crippen LogP contribution in [0.15, 0.2) is 85.1 Å². The van der Waals surface area contributed by atoms with Crippen molar-refractivity contribution in [3.8, 4) is 17.2 Å². The Morgan fingerprint density at radius 1 is 1.00 bits per heavy atom. The van der Waals surface area contributed by atoms with Crippen LogP contribution in [0.3, 0.4) is 0 Å². The fourth-order valence-electron chi connectivity index (χ4n) is 4.25. The van der Waals surface area contributed by atoms with E-state index in [1.807, 2.05) is 54.6 Å². The second-order valence-corrected chi connectivity index (χ2v) is 11.6. The molecule has 0 spiro atoms. The molecule has 0 fully saturated rings. The molecule has 10 nitrogen and oxygen atoms in total. The number of pyridine rings is 1. The van der Waals surface area contributed by atoms with Crippen molar-refractivity contribution in [1.82, 2.24) is 15.0 Å². The molecule has 4 N–H and O–H groups in total. The van der Waals surface area contributed by atoms with Gasteiger partial charge in [0, 0.05) is 29.7 Å². The van der Waals surface area contributed by atoms with Crippen LogP contribution < -0.4 is 19.5 Å². The number of carbonyl (C=O) groups excluding carboxylic acids is 1. The van der Waals surface area contributed by atoms with Crippen molar-refractivity contribution >= 4 is 26.8 Å². The van der Waals surface area contributed by atoms with Gasteiger partial charge >= 0.3 is 0 Å². The smallest absolute Gasteiger partial charge is 0.264 e. The number of ether oxygens (including phenoxy) is 2. The van der Waals surface area contributed by atoms with Gasteiger partial charge in [0.25, 0.3) is 5.91 Å². The van der Waals surface area contributed by atoms with Gasteiger partial charge in [-0.25, -0.2) is 13.1 Å². The highest BCUT2D eigenvalue weighted by atomic mass is 32.2. The molecule has 3 aromatic carbocycles. The number of nitrogens with one attached hydrogen (secondary N) is 2. The van der Waals surface area contributed by atoms with Gasteiger partial charge in [-0.15, -0.1) is 0 Å². The topological polar surface area (TPSA) is 147 Å². The lowest BCUT2D eigenvalue weighted by Crippen LogP contribution is -2.41. The van der Waals surface area contributed by atoms with E-state index in [1.54, 1.807) is 25.3 Å². The minimum absolute atomic E-state index is 0.0991. The Labute approximate surface area is 245 Å². The molecule has 0 aliphatic carbocycles. The van der Waals surface area contributed by atoms with E-state index in [2.05, 4.69) is 15.0 Å². The number of hydrogen-bond acceptors (Lipinski definition) is 9. The summed E-state index contributed by atoms with van der Waals surface area (Å²) in [6.07, 6.45) is 1.76. The molecule has 0 radical (unpaired) electrons. The molecule has 222 valence electrons. The van der Waals surface area contributed by atoms with Gasteiger partial charge in [-0.2, -0.15) is 0 Å². The van der Waals surface area contributed by atoms with E-state index in [1.165, 1.54) is 12.1 Å². The molecule has 0 unspecified atom stereocenters. The Morgan fingerprint density at radius 2 is 1.76 bits per heavy atom. The van der Waals surface area contributed by atoms with Crippen molar-refractivity contribution in [3.63, 3.8) is 0 Å². The summed E-state index contributed by atoms with van der Waals surface area (Å²) >= 11 is 0. The molecule has 4 aromatic rings. The van der Waals surface area contributed by atoms with Crippen molar-refractivity contribution in [1.29, 1.82) is 0 Å². The van der Waals surface area contributed by atoms with Crippen LogP contribution in [0.4, 0.5) is 0 Å². The number of fused-ring (bicyclic) bond motifs is 1. The van der Waals surface area contributed by atoms with Crippen LogP contribution >= 0.6 is 0 Å². The van der Waals surface area contributed by atoms with E-state index in [4.69, 9.17) is 9.47 Å². The molecule has 0 saturated heterocycles. The van der Waals surface area contributed by atoms with Gasteiger partial charge in [-0.3, -0.25) is 9.78 Å². The first-order valence-electron chi connectivity index (χ1n) is 13.7. The maximum Gasteiger partial charge on any atom is 0.264 e. The second-order valence-electron chi connectivity index (χ2n) is 9.81. The number of carbonyl (C=O) groups is 1. The summed E-state index contributed by atoms with van der Waals surface area (Å²) in [6, 6.07) is 22.9. The SMILES string of the molecule is CCCS(=O)(=O)NC(=O)c1ccc2c(Oc3ccc(C[C@@H](CO)NC[C@H](O)COc4ccccc4)cc3)ccnc2c1. The number of amides is 1. The normalized spacial score (nSPS) is 12.9. The lowest BCUT2D eigenvalue weighted by molar-refractivity contribution is 0.0981. The fraction of sp³-hybridized carbons (Fsp3) is 0.290. The third kappa shape index (κ3) is 8.98. The average Bonchev–Trinajstić information content (AvgIpc) is 2.99. The third-order valence-electron chi connectivity index (χ3n) is 6.37. The zero-order valence-electron chi connectivity index (χ0n) is 23.3. The molecule has 4 rings (SSSR count). The predicted molar refractivity (Wildman–Crippen MR) is 160 cm³/mol. The number of aliphatic hydroxyl groups is 2. The van der Waals surface area contributed by atoms with Gasteiger partial charge in [-0.05, 0) is 66.9 Å². The maximum absolute atomic E-state index is 12.5. The summed E-state index contributed by atoms with van der Waals surface area (Å²) < 4.78 is 37.7. The van der Waals surface area contributed by atoms with Gasteiger partial charge in [0.2, 0.25) is 10.0 Å². The van der Waals surface area contributed by atoms with Crippen molar-refractivity contribution < 1.29 is 32.9 Å². The van der Waals surface area contributed by atoms with Crippen LogP contribution in [0, 0.1) is 0 Å². The van der Waals surface area contributed by atoms with Crippen LogP contribution in [0.5, 0.6) is 17.2 Å². The molecular weight excluding hydrogens is 558 g/mol. The van der Waals surface area contributed by atoms with Crippen LogP contribution in [0.2, 0.25) is 0 Å². The second kappa shape index (κ2) is 14.7. The van der Waals surface area contributed by atoms with Gasteiger partial charge in [0.05, 0.1) is 17.9 Å². The number of sulfonamides is 1. The summed E-state index contributed by atoms with van der Waals surface area (Å²) in [5, 5.41) is 23.9. The minimum atomic E-state index is -3.69. The Morgan fingerprint density at radius 3 is 2.48 bits per heavy atom. The zero-order chi connectivity index (χ0) is 30.0. The van der Waals surface area contributed by atoms with E-state index in [9.17, 15) is 23.4 Å². The molecule has 0 aliphatic heterocycles. The summed E-state index contributed by atoms with van der Waals surface area (Å²) in [5.74, 6) is 0.956. The third-order valence-corrected chi connectivity index (χ3v) is 7.81. The van der Waals surface area contributed by atoms with Crippen molar-refractivity contribution in [2.75, 3.05) is 25.5 Å². The number of rotatable bonds is 15. The largest absolute Gasteiger partial charge is 0.491 e. The van der Waals surface area contributed by atoms with E-state index in [0.717, 1.165) is 5.56 Å². The first-order valence-corrected chi connectivity index (χ1v) is 15.3. The molecule has 1 heterocycles. The lowest BCUT2D eigenvalue weighted by Gasteiger charge is -2.19. The Hall–Kier alpha value is -4.03. The van der Waals surface area contributed by atoms with E-state index in [-0.39, 0.29) is 37.1 Å². The van der Waals surface area contributed by atoms with Crippen LogP contribution in [0.1, 0.15) is 29.3 Å². The fourth-order valence-corrected chi connectivity index (χ4v) is 5.29. The summed E-state index contributed by atoms with van der Waals surface area (Å²) in [6.45, 7) is 2.03. The molecule has 0 aliphatic rings. The summed E-state index contributed by atoms with van der Waals surface area (Å²) in [5.41, 5.74) is 1.63. The Bertz CT molecular complexity index is 1570. The number of hydrogen-bond donors (Lipinski definition) is 4. The molecule has 11 heteroatoms. The van der Waals surface area contributed by atoms with Crippen LogP contribution in [-0.2, 0) is 16.4 Å². The molecule has 42 heavy (non-hydrogen) atoms. The number of aromatic nitrogens is 1. The molecule has 1 amide bonds. The first kappa shape index (κ1) is 30.9. The van der Waals surface area contributed by atoms with Crippen LogP contribution in [0.25, 0.3) is 10.9 Å². The van der Waals surface area contributed by atoms with Crippen molar-refractivity contribution in [2.24, 2.45) is 0 Å². The summed E-state index contributed by atoms with van der Waals surface area (Å²) in [4.78, 5) is 16.8. The van der Waals surface area contributed by atoms with Crippen LogP contribution in [-0.4, -0.2) is 67.2 Å². The zero-order valence-corrected chi connectivity index (χ0v) is 24.1. The van der Waals surface area contributed by atoms with Crippen molar-refractivity contribution in [3.05, 3.63) is 96.2 Å². The highest BCUT2D eigenvalue weighted by molar-refractivity contribution is 7.90. The molecule has 1 aromatic heterocycles. The van der Waals surface area contributed by atoms with Gasteiger partial charge in [0.1, 0.15) is 30.0 Å². The minimum Gasteiger partial charge on any atom is -0.491 e. The molecule has 0 saturated carbocycles. The molecular formula is C31H35N3O7S. The predicted octanol–water partition coefficient (Wildman–Crippen LogP) is 3.43. The lowest BCUT2D eigenvalue weighted by atomic mass is 10.1. The Kier molecular flexibility index (Phi) is 10.8. The van der Waals surface area contributed by atoms with Gasteiger partial charge in [0.15, 0.2) is 0 Å². The summed E-state index contributed by atoms with van der Waals surface area (Å²) in [7, 11) is -3.69. The van der Waals surface area contributed by atoms with E-state index >= 15 is 0 Å².